The number of benzene rings is 1. The Balaban J connectivity index is 1.43. The fourth-order valence-electron chi connectivity index (χ4n) is 3.09. The third kappa shape index (κ3) is 4.92. The van der Waals surface area contributed by atoms with Crippen molar-refractivity contribution in [2.75, 3.05) is 13.2 Å². The smallest absolute Gasteiger partial charge is 0.258 e. The number of ether oxygens (including phenoxy) is 1. The number of carbonyl (C=O) groups is 1. The van der Waals surface area contributed by atoms with Crippen molar-refractivity contribution in [3.8, 4) is 5.75 Å². The number of aromatic nitrogens is 2. The van der Waals surface area contributed by atoms with E-state index in [1.165, 1.54) is 17.4 Å². The normalized spacial score (nSPS) is 14.4. The van der Waals surface area contributed by atoms with Crippen molar-refractivity contribution in [2.24, 2.45) is 0 Å². The number of carbonyl (C=O) groups excluding carboxylic acids is 1. The maximum Gasteiger partial charge on any atom is 0.258 e. The van der Waals surface area contributed by atoms with Gasteiger partial charge in [-0.15, -0.1) is 0 Å². The van der Waals surface area contributed by atoms with Crippen LogP contribution in [-0.4, -0.2) is 28.6 Å². The first-order valence-corrected chi connectivity index (χ1v) is 8.73. The average Bonchev–Trinajstić information content (AvgIpc) is 3.17. The summed E-state index contributed by atoms with van der Waals surface area (Å²) in [4.78, 5) is 28.4. The van der Waals surface area contributed by atoms with E-state index in [-0.39, 0.29) is 18.1 Å². The summed E-state index contributed by atoms with van der Waals surface area (Å²) in [6, 6.07) is 10.8. The minimum Gasteiger partial charge on any atom is -0.484 e. The van der Waals surface area contributed by atoms with Crippen molar-refractivity contribution >= 4 is 5.91 Å². The van der Waals surface area contributed by atoms with Crippen LogP contribution >= 0.6 is 0 Å². The van der Waals surface area contributed by atoms with E-state index in [4.69, 9.17) is 4.74 Å². The molecule has 1 aromatic heterocycles. The van der Waals surface area contributed by atoms with Crippen LogP contribution in [-0.2, 0) is 11.3 Å². The van der Waals surface area contributed by atoms with E-state index in [0.29, 0.717) is 24.8 Å². The first-order valence-electron chi connectivity index (χ1n) is 8.73. The molecular formula is C19H23N3O3. The first kappa shape index (κ1) is 17.2. The van der Waals surface area contributed by atoms with Crippen molar-refractivity contribution in [2.45, 2.75) is 38.1 Å². The molecule has 1 saturated carbocycles. The molecule has 0 saturated heterocycles. The number of amides is 1. The van der Waals surface area contributed by atoms with Crippen LogP contribution in [0.2, 0.25) is 0 Å². The number of para-hydroxylation sites is 1. The molecule has 6 nitrogen and oxygen atoms in total. The summed E-state index contributed by atoms with van der Waals surface area (Å²) in [5.41, 5.74) is 0.839. The second-order valence-electron chi connectivity index (χ2n) is 6.28. The molecule has 132 valence electrons. The van der Waals surface area contributed by atoms with Gasteiger partial charge in [0, 0.05) is 25.1 Å². The standard InChI is InChI=1S/C19H23N3O3/c23-18(13-25-16-8-2-1-3-9-16)20-10-11-22-14-21-17(12-19(22)24)15-6-4-5-7-15/h1-3,8-9,12,14-15H,4-7,10-11,13H2,(H,20,23). The number of hydrogen-bond acceptors (Lipinski definition) is 4. The molecule has 3 rings (SSSR count). The molecule has 1 heterocycles. The van der Waals surface area contributed by atoms with Crippen molar-refractivity contribution in [1.82, 2.24) is 14.9 Å². The molecule has 1 N–H and O–H groups in total. The van der Waals surface area contributed by atoms with Crippen LogP contribution in [0, 0.1) is 0 Å². The summed E-state index contributed by atoms with van der Waals surface area (Å²) < 4.78 is 6.90. The Hall–Kier alpha value is -2.63. The number of hydrogen-bond donors (Lipinski definition) is 1. The molecule has 1 amide bonds. The van der Waals surface area contributed by atoms with Gasteiger partial charge in [0.15, 0.2) is 6.61 Å². The number of nitrogens with one attached hydrogen (secondary N) is 1. The fourth-order valence-corrected chi connectivity index (χ4v) is 3.09. The highest BCUT2D eigenvalue weighted by Gasteiger charge is 2.18. The van der Waals surface area contributed by atoms with E-state index in [1.54, 1.807) is 24.5 Å². The Bertz CT molecular complexity index is 752. The molecule has 2 aromatic rings. The zero-order valence-corrected chi connectivity index (χ0v) is 14.2. The Morgan fingerprint density at radius 3 is 2.72 bits per heavy atom. The highest BCUT2D eigenvalue weighted by molar-refractivity contribution is 5.77. The van der Waals surface area contributed by atoms with Gasteiger partial charge in [-0.25, -0.2) is 4.98 Å². The summed E-state index contributed by atoms with van der Waals surface area (Å²) in [6.07, 6.45) is 6.25. The van der Waals surface area contributed by atoms with Gasteiger partial charge in [0.05, 0.1) is 12.0 Å². The van der Waals surface area contributed by atoms with Crippen LogP contribution in [0.4, 0.5) is 0 Å². The van der Waals surface area contributed by atoms with Crippen molar-refractivity contribution in [3.05, 3.63) is 58.8 Å². The van der Waals surface area contributed by atoms with Crippen LogP contribution in [0.5, 0.6) is 5.75 Å². The summed E-state index contributed by atoms with van der Waals surface area (Å²) in [7, 11) is 0. The van der Waals surface area contributed by atoms with Crippen molar-refractivity contribution in [1.29, 1.82) is 0 Å². The van der Waals surface area contributed by atoms with E-state index < -0.39 is 0 Å². The van der Waals surface area contributed by atoms with Gasteiger partial charge in [0.1, 0.15) is 5.75 Å². The highest BCUT2D eigenvalue weighted by atomic mass is 16.5. The Kier molecular flexibility index (Phi) is 5.82. The zero-order chi connectivity index (χ0) is 17.5. The maximum atomic E-state index is 12.2. The van der Waals surface area contributed by atoms with Gasteiger partial charge in [-0.3, -0.25) is 14.2 Å². The Morgan fingerprint density at radius 2 is 2.00 bits per heavy atom. The molecule has 1 aliphatic carbocycles. The zero-order valence-electron chi connectivity index (χ0n) is 14.2. The third-order valence-electron chi connectivity index (χ3n) is 4.46. The second kappa shape index (κ2) is 8.46. The molecule has 1 aromatic carbocycles. The van der Waals surface area contributed by atoms with Crippen LogP contribution in [0.1, 0.15) is 37.3 Å². The van der Waals surface area contributed by atoms with Crippen LogP contribution in [0.15, 0.2) is 47.5 Å². The number of nitrogens with zero attached hydrogens (tertiary/aromatic N) is 2. The van der Waals surface area contributed by atoms with E-state index in [9.17, 15) is 9.59 Å². The fraction of sp³-hybridized carbons (Fsp3) is 0.421. The van der Waals surface area contributed by atoms with E-state index in [2.05, 4.69) is 10.3 Å². The van der Waals surface area contributed by atoms with Crippen LogP contribution in [0.3, 0.4) is 0 Å². The van der Waals surface area contributed by atoms with Gasteiger partial charge < -0.3 is 10.1 Å². The molecule has 6 heteroatoms. The summed E-state index contributed by atoms with van der Waals surface area (Å²) in [5.74, 6) is 0.866. The SMILES string of the molecule is O=C(COc1ccccc1)NCCn1cnc(C2CCCC2)cc1=O. The third-order valence-corrected chi connectivity index (χ3v) is 4.46. The summed E-state index contributed by atoms with van der Waals surface area (Å²) >= 11 is 0. The molecular weight excluding hydrogens is 318 g/mol. The van der Waals surface area contributed by atoms with Gasteiger partial charge in [-0.2, -0.15) is 0 Å². The quantitative estimate of drug-likeness (QED) is 0.837. The predicted molar refractivity (Wildman–Crippen MR) is 94.7 cm³/mol. The molecule has 0 aliphatic heterocycles. The van der Waals surface area contributed by atoms with E-state index in [1.807, 2.05) is 18.2 Å². The molecule has 25 heavy (non-hydrogen) atoms. The van der Waals surface area contributed by atoms with Gasteiger partial charge >= 0.3 is 0 Å². The second-order valence-corrected chi connectivity index (χ2v) is 6.28. The van der Waals surface area contributed by atoms with Gasteiger partial charge in [0.2, 0.25) is 0 Å². The van der Waals surface area contributed by atoms with E-state index in [0.717, 1.165) is 18.5 Å². The first-order chi connectivity index (χ1) is 12.2. The Morgan fingerprint density at radius 1 is 1.24 bits per heavy atom. The molecule has 1 fully saturated rings. The highest BCUT2D eigenvalue weighted by Crippen LogP contribution is 2.32. The van der Waals surface area contributed by atoms with Gasteiger partial charge in [-0.05, 0) is 25.0 Å². The Labute approximate surface area is 146 Å². The topological polar surface area (TPSA) is 73.2 Å². The summed E-state index contributed by atoms with van der Waals surface area (Å²) in [5, 5.41) is 2.75. The lowest BCUT2D eigenvalue weighted by Crippen LogP contribution is -2.33. The maximum absolute atomic E-state index is 12.2. The lowest BCUT2D eigenvalue weighted by molar-refractivity contribution is -0.123. The predicted octanol–water partition coefficient (Wildman–Crippen LogP) is 2.10. The minimum absolute atomic E-state index is 0.0439. The molecule has 0 spiro atoms. The molecule has 1 aliphatic rings. The average molecular weight is 341 g/mol. The minimum atomic E-state index is -0.215. The molecule has 0 bridgehead atoms. The van der Waals surface area contributed by atoms with Gasteiger partial charge in [0.25, 0.3) is 11.5 Å². The lowest BCUT2D eigenvalue weighted by Gasteiger charge is -2.11. The summed E-state index contributed by atoms with van der Waals surface area (Å²) in [6.45, 7) is 0.715. The molecule has 0 unspecified atom stereocenters. The number of rotatable bonds is 7. The van der Waals surface area contributed by atoms with E-state index >= 15 is 0 Å². The monoisotopic (exact) mass is 341 g/mol. The molecule has 0 atom stereocenters. The lowest BCUT2D eigenvalue weighted by atomic mass is 10.0. The van der Waals surface area contributed by atoms with Gasteiger partial charge in [-0.1, -0.05) is 31.0 Å². The molecule has 0 radical (unpaired) electrons. The van der Waals surface area contributed by atoms with Crippen LogP contribution in [0.25, 0.3) is 0 Å². The van der Waals surface area contributed by atoms with Crippen molar-refractivity contribution in [3.63, 3.8) is 0 Å². The van der Waals surface area contributed by atoms with Crippen molar-refractivity contribution < 1.29 is 9.53 Å². The van der Waals surface area contributed by atoms with Crippen LogP contribution < -0.4 is 15.6 Å². The largest absolute Gasteiger partial charge is 0.484 e.